The van der Waals surface area contributed by atoms with E-state index >= 15 is 0 Å². The normalized spacial score (nSPS) is 12.1. The number of rotatable bonds is 5. The zero-order valence-corrected chi connectivity index (χ0v) is 34.2. The molecule has 64 heavy (non-hydrogen) atoms. The van der Waals surface area contributed by atoms with E-state index in [9.17, 15) is 0 Å². The summed E-state index contributed by atoms with van der Waals surface area (Å²) in [7, 11) is 0. The van der Waals surface area contributed by atoms with Crippen LogP contribution in [0.1, 0.15) is 0 Å². The van der Waals surface area contributed by atoms with Crippen LogP contribution >= 0.6 is 0 Å². The maximum absolute atomic E-state index is 6.26. The lowest BCUT2D eigenvalue weighted by atomic mass is 10.0. The first-order chi connectivity index (χ1) is 31.8. The Bertz CT molecular complexity index is 4140. The Labute approximate surface area is 365 Å². The van der Waals surface area contributed by atoms with E-state index in [2.05, 4.69) is 177 Å². The molecule has 0 atom stereocenters. The third-order valence-electron chi connectivity index (χ3n) is 12.9. The number of para-hydroxylation sites is 6. The van der Waals surface area contributed by atoms with Crippen molar-refractivity contribution in [3.8, 4) is 40.1 Å². The molecule has 14 rings (SSSR count). The van der Waals surface area contributed by atoms with Crippen molar-refractivity contribution in [2.45, 2.75) is 0 Å². The quantitative estimate of drug-likeness (QED) is 0.173. The van der Waals surface area contributed by atoms with E-state index < -0.39 is 0 Å². The zero-order valence-electron chi connectivity index (χ0n) is 34.2. The molecule has 0 aliphatic carbocycles. The molecule has 0 aliphatic heterocycles. The summed E-state index contributed by atoms with van der Waals surface area (Å²) in [5.74, 6) is 1.69. The van der Waals surface area contributed by atoms with Crippen LogP contribution in [0.25, 0.3) is 127 Å². The van der Waals surface area contributed by atoms with Gasteiger partial charge >= 0.3 is 0 Å². The van der Waals surface area contributed by atoms with Crippen molar-refractivity contribution in [2.75, 3.05) is 0 Å². The second kappa shape index (κ2) is 13.3. The lowest BCUT2D eigenvalue weighted by Gasteiger charge is -2.15. The molecular weight excluding hydrogens is 785 g/mol. The molecule has 0 amide bonds. The van der Waals surface area contributed by atoms with Crippen LogP contribution in [0.5, 0.6) is 0 Å². The highest BCUT2D eigenvalue weighted by atomic mass is 16.3. The van der Waals surface area contributed by atoms with Crippen molar-refractivity contribution in [3.05, 3.63) is 206 Å². The SMILES string of the molecule is c1ccc(-c2nc(-c3ccc4oc5ccccc5c4c3)nc(-n3c4ccccc4c4c(-n5c6ccccc6c6ccccc65)cc5c(c6ccccc6n5-c5ccccc5)c43)n2)cc1. The van der Waals surface area contributed by atoms with Crippen LogP contribution in [0.4, 0.5) is 0 Å². The van der Waals surface area contributed by atoms with E-state index in [1.165, 1.54) is 10.8 Å². The minimum absolute atomic E-state index is 0.532. The number of nitrogens with zero attached hydrogens (tertiary/aromatic N) is 6. The molecule has 0 fully saturated rings. The van der Waals surface area contributed by atoms with Crippen molar-refractivity contribution >= 4 is 87.4 Å². The van der Waals surface area contributed by atoms with Gasteiger partial charge in [-0.1, -0.05) is 140 Å². The van der Waals surface area contributed by atoms with Gasteiger partial charge in [0.25, 0.3) is 0 Å². The van der Waals surface area contributed by atoms with Crippen molar-refractivity contribution < 1.29 is 4.42 Å². The molecule has 0 bridgehead atoms. The van der Waals surface area contributed by atoms with Gasteiger partial charge in [0.15, 0.2) is 11.6 Å². The Morgan fingerprint density at radius 3 is 1.53 bits per heavy atom. The summed E-state index contributed by atoms with van der Waals surface area (Å²) in [4.78, 5) is 16.1. The highest BCUT2D eigenvalue weighted by molar-refractivity contribution is 6.29. The summed E-state index contributed by atoms with van der Waals surface area (Å²) in [5.41, 5.74) is 12.1. The predicted molar refractivity (Wildman–Crippen MR) is 261 cm³/mol. The third-order valence-corrected chi connectivity index (χ3v) is 12.9. The van der Waals surface area contributed by atoms with Crippen LogP contribution in [0.3, 0.4) is 0 Å². The van der Waals surface area contributed by atoms with E-state index in [0.29, 0.717) is 17.6 Å². The van der Waals surface area contributed by atoms with Gasteiger partial charge in [0.05, 0.1) is 38.8 Å². The van der Waals surface area contributed by atoms with Crippen LogP contribution in [0.2, 0.25) is 0 Å². The molecule has 9 aromatic carbocycles. The number of hydrogen-bond acceptors (Lipinski definition) is 4. The van der Waals surface area contributed by atoms with Gasteiger partial charge in [0.2, 0.25) is 5.95 Å². The first kappa shape index (κ1) is 34.9. The van der Waals surface area contributed by atoms with E-state index in [0.717, 1.165) is 99.1 Å². The molecule has 14 aromatic rings. The largest absolute Gasteiger partial charge is 0.456 e. The van der Waals surface area contributed by atoms with Crippen molar-refractivity contribution in [3.63, 3.8) is 0 Å². The number of fused-ring (bicyclic) bond motifs is 13. The van der Waals surface area contributed by atoms with Gasteiger partial charge in [-0.2, -0.15) is 9.97 Å². The Morgan fingerprint density at radius 2 is 0.844 bits per heavy atom. The fourth-order valence-electron chi connectivity index (χ4n) is 10.2. The topological polar surface area (TPSA) is 66.6 Å². The molecular formula is C57H34N6O. The van der Waals surface area contributed by atoms with Crippen LogP contribution in [0, 0.1) is 0 Å². The Balaban J connectivity index is 1.18. The van der Waals surface area contributed by atoms with Gasteiger partial charge in [0.1, 0.15) is 11.2 Å². The van der Waals surface area contributed by atoms with Crippen LogP contribution in [0.15, 0.2) is 211 Å². The lowest BCUT2D eigenvalue weighted by molar-refractivity contribution is 0.669. The summed E-state index contributed by atoms with van der Waals surface area (Å²) in [6.45, 7) is 0. The Hall–Kier alpha value is -8.81. The van der Waals surface area contributed by atoms with E-state index in [4.69, 9.17) is 19.4 Å². The molecule has 0 spiro atoms. The summed E-state index contributed by atoms with van der Waals surface area (Å²) in [6.07, 6.45) is 0. The molecule has 7 heteroatoms. The molecule has 7 nitrogen and oxygen atoms in total. The van der Waals surface area contributed by atoms with Gasteiger partial charge < -0.3 is 13.6 Å². The van der Waals surface area contributed by atoms with E-state index in [1.54, 1.807) is 0 Å². The average Bonchev–Trinajstić information content (AvgIpc) is 4.10. The minimum atomic E-state index is 0.532. The molecule has 0 saturated heterocycles. The molecule has 0 unspecified atom stereocenters. The van der Waals surface area contributed by atoms with E-state index in [-0.39, 0.29) is 0 Å². The lowest BCUT2D eigenvalue weighted by Crippen LogP contribution is -2.07. The monoisotopic (exact) mass is 818 g/mol. The zero-order chi connectivity index (χ0) is 41.9. The van der Waals surface area contributed by atoms with Gasteiger partial charge in [-0.15, -0.1) is 0 Å². The predicted octanol–water partition coefficient (Wildman–Crippen LogP) is 14.4. The Kier molecular flexibility index (Phi) is 7.27. The molecule has 0 N–H and O–H groups in total. The van der Waals surface area contributed by atoms with Gasteiger partial charge in [-0.25, -0.2) is 4.98 Å². The highest BCUT2D eigenvalue weighted by Gasteiger charge is 2.27. The third kappa shape index (κ3) is 4.94. The van der Waals surface area contributed by atoms with Crippen molar-refractivity contribution in [1.29, 1.82) is 0 Å². The van der Waals surface area contributed by atoms with Gasteiger partial charge in [-0.3, -0.25) is 4.57 Å². The van der Waals surface area contributed by atoms with Crippen LogP contribution in [-0.2, 0) is 0 Å². The van der Waals surface area contributed by atoms with Gasteiger partial charge in [0, 0.05) is 59.9 Å². The summed E-state index contributed by atoms with van der Waals surface area (Å²) < 4.78 is 13.4. The number of aromatic nitrogens is 6. The fraction of sp³-hybridized carbons (Fsp3) is 0. The van der Waals surface area contributed by atoms with E-state index in [1.807, 2.05) is 42.5 Å². The van der Waals surface area contributed by atoms with Crippen molar-refractivity contribution in [2.24, 2.45) is 0 Å². The Morgan fingerprint density at radius 1 is 0.328 bits per heavy atom. The number of furan rings is 1. The second-order valence-corrected chi connectivity index (χ2v) is 16.4. The summed E-state index contributed by atoms with van der Waals surface area (Å²) >= 11 is 0. The summed E-state index contributed by atoms with van der Waals surface area (Å²) in [5, 5.41) is 8.94. The molecule has 0 radical (unpaired) electrons. The van der Waals surface area contributed by atoms with Crippen LogP contribution < -0.4 is 0 Å². The molecule has 5 heterocycles. The fourth-order valence-corrected chi connectivity index (χ4v) is 10.2. The second-order valence-electron chi connectivity index (χ2n) is 16.4. The van der Waals surface area contributed by atoms with Crippen LogP contribution in [-0.4, -0.2) is 28.7 Å². The highest BCUT2D eigenvalue weighted by Crippen LogP contribution is 2.46. The summed E-state index contributed by atoms with van der Waals surface area (Å²) in [6, 6.07) is 72.6. The first-order valence-electron chi connectivity index (χ1n) is 21.5. The first-order valence-corrected chi connectivity index (χ1v) is 21.5. The molecule has 0 saturated carbocycles. The van der Waals surface area contributed by atoms with Gasteiger partial charge in [-0.05, 0) is 66.7 Å². The maximum Gasteiger partial charge on any atom is 0.238 e. The van der Waals surface area contributed by atoms with Crippen molar-refractivity contribution in [1.82, 2.24) is 28.7 Å². The molecule has 5 aromatic heterocycles. The average molecular weight is 819 g/mol. The molecule has 0 aliphatic rings. The minimum Gasteiger partial charge on any atom is -0.456 e. The number of benzene rings is 9. The number of hydrogen-bond donors (Lipinski definition) is 0. The standard InChI is InChI=1S/C57H34N6O/c1-3-17-35(18-4-1)55-58-56(36-31-32-51-43(33-36)40-23-11-16-30-50(40)64-51)60-57(59-55)63-47-29-15-10-25-42(47)53-49(62-44-26-12-7-21-38(44)39-22-8-13-27-45(39)62)34-48-52(54(53)63)41-24-9-14-28-46(41)61(48)37-19-5-2-6-20-37/h1-34H. The molecule has 298 valence electrons. The smallest absolute Gasteiger partial charge is 0.238 e. The maximum atomic E-state index is 6.26.